The van der Waals surface area contributed by atoms with Crippen LogP contribution in [0.1, 0.15) is 11.1 Å². The van der Waals surface area contributed by atoms with E-state index in [1.165, 1.54) is 11.1 Å². The number of aromatic nitrogens is 2. The molecule has 0 atom stereocenters. The van der Waals surface area contributed by atoms with Crippen LogP contribution in [0.2, 0.25) is 0 Å². The molecule has 0 unspecified atom stereocenters. The van der Waals surface area contributed by atoms with E-state index in [9.17, 15) is 0 Å². The van der Waals surface area contributed by atoms with Gasteiger partial charge in [0.25, 0.3) is 0 Å². The average molecular weight is 361 g/mol. The standard InChI is InChI=1S/C22H27N5/c1-16-9-8-12-19(17(16)2)24-22-25-20(18-10-6-5-7-11-18)15-21(26-22)23-13-14-27(3)4/h5-12,15H,13-14H2,1-4H3,(H2,23,24,25,26). The lowest BCUT2D eigenvalue weighted by Crippen LogP contribution is -2.21. The molecule has 0 saturated heterocycles. The number of anilines is 3. The Morgan fingerprint density at radius 2 is 1.70 bits per heavy atom. The van der Waals surface area contributed by atoms with Gasteiger partial charge >= 0.3 is 0 Å². The maximum atomic E-state index is 4.74. The van der Waals surface area contributed by atoms with Crippen LogP contribution in [-0.4, -0.2) is 42.1 Å². The Balaban J connectivity index is 1.92. The van der Waals surface area contributed by atoms with Gasteiger partial charge in [-0.15, -0.1) is 0 Å². The first-order chi connectivity index (χ1) is 13.0. The Hall–Kier alpha value is -2.92. The Kier molecular flexibility index (Phi) is 6.04. The summed E-state index contributed by atoms with van der Waals surface area (Å²) in [6.07, 6.45) is 0. The van der Waals surface area contributed by atoms with E-state index >= 15 is 0 Å². The zero-order valence-corrected chi connectivity index (χ0v) is 16.5. The highest BCUT2D eigenvalue weighted by Crippen LogP contribution is 2.25. The van der Waals surface area contributed by atoms with Crippen molar-refractivity contribution in [3.63, 3.8) is 0 Å². The highest BCUT2D eigenvalue weighted by molar-refractivity contribution is 5.67. The fourth-order valence-electron chi connectivity index (χ4n) is 2.77. The summed E-state index contributed by atoms with van der Waals surface area (Å²) in [6, 6.07) is 18.4. The maximum Gasteiger partial charge on any atom is 0.229 e. The van der Waals surface area contributed by atoms with Crippen molar-refractivity contribution in [2.24, 2.45) is 0 Å². The van der Waals surface area contributed by atoms with E-state index in [0.717, 1.165) is 35.9 Å². The second kappa shape index (κ2) is 8.64. The Bertz CT molecular complexity index is 890. The SMILES string of the molecule is Cc1cccc(Nc2nc(NCCN(C)C)cc(-c3ccccc3)n2)c1C. The van der Waals surface area contributed by atoms with Gasteiger partial charge < -0.3 is 15.5 Å². The largest absolute Gasteiger partial charge is 0.369 e. The van der Waals surface area contributed by atoms with Crippen LogP contribution in [0.25, 0.3) is 11.3 Å². The number of aryl methyl sites for hydroxylation is 1. The molecule has 27 heavy (non-hydrogen) atoms. The lowest BCUT2D eigenvalue weighted by Gasteiger charge is -2.14. The molecule has 0 bridgehead atoms. The zero-order chi connectivity index (χ0) is 19.2. The summed E-state index contributed by atoms with van der Waals surface area (Å²) >= 11 is 0. The maximum absolute atomic E-state index is 4.74. The molecule has 5 nitrogen and oxygen atoms in total. The molecule has 0 aliphatic carbocycles. The molecule has 3 rings (SSSR count). The molecule has 1 aromatic heterocycles. The summed E-state index contributed by atoms with van der Waals surface area (Å²) < 4.78 is 0. The van der Waals surface area contributed by atoms with Gasteiger partial charge in [0.1, 0.15) is 5.82 Å². The van der Waals surface area contributed by atoms with Crippen LogP contribution in [-0.2, 0) is 0 Å². The van der Waals surface area contributed by atoms with Crippen LogP contribution in [0.3, 0.4) is 0 Å². The lowest BCUT2D eigenvalue weighted by atomic mass is 10.1. The second-order valence-corrected chi connectivity index (χ2v) is 6.93. The van der Waals surface area contributed by atoms with Gasteiger partial charge in [0, 0.05) is 30.4 Å². The van der Waals surface area contributed by atoms with Gasteiger partial charge in [-0.05, 0) is 45.1 Å². The van der Waals surface area contributed by atoms with Gasteiger partial charge in [-0.1, -0.05) is 42.5 Å². The fourth-order valence-corrected chi connectivity index (χ4v) is 2.77. The molecule has 2 N–H and O–H groups in total. The number of nitrogens with one attached hydrogen (secondary N) is 2. The summed E-state index contributed by atoms with van der Waals surface area (Å²) in [5.41, 5.74) is 5.43. The van der Waals surface area contributed by atoms with Crippen molar-refractivity contribution in [3.05, 3.63) is 65.7 Å². The van der Waals surface area contributed by atoms with Crippen LogP contribution in [0.5, 0.6) is 0 Å². The first-order valence-corrected chi connectivity index (χ1v) is 9.19. The van der Waals surface area contributed by atoms with Gasteiger partial charge in [0.05, 0.1) is 5.69 Å². The molecule has 0 fully saturated rings. The van der Waals surface area contributed by atoms with Crippen molar-refractivity contribution in [2.75, 3.05) is 37.8 Å². The average Bonchev–Trinajstić information content (AvgIpc) is 2.66. The highest BCUT2D eigenvalue weighted by Gasteiger charge is 2.09. The van der Waals surface area contributed by atoms with E-state index in [0.29, 0.717) is 5.95 Å². The van der Waals surface area contributed by atoms with E-state index in [-0.39, 0.29) is 0 Å². The normalized spacial score (nSPS) is 10.9. The molecule has 3 aromatic rings. The third kappa shape index (κ3) is 5.05. The number of rotatable bonds is 7. The minimum absolute atomic E-state index is 0.595. The predicted molar refractivity (Wildman–Crippen MR) is 114 cm³/mol. The lowest BCUT2D eigenvalue weighted by molar-refractivity contribution is 0.425. The van der Waals surface area contributed by atoms with Gasteiger partial charge in [-0.2, -0.15) is 4.98 Å². The third-order valence-corrected chi connectivity index (χ3v) is 4.51. The summed E-state index contributed by atoms with van der Waals surface area (Å²) in [6.45, 7) is 5.97. The fraction of sp³-hybridized carbons (Fsp3) is 0.273. The van der Waals surface area contributed by atoms with E-state index in [4.69, 9.17) is 4.98 Å². The molecule has 0 saturated carbocycles. The zero-order valence-electron chi connectivity index (χ0n) is 16.5. The van der Waals surface area contributed by atoms with Gasteiger partial charge in [-0.3, -0.25) is 0 Å². The number of hydrogen-bond acceptors (Lipinski definition) is 5. The molecule has 5 heteroatoms. The molecule has 0 spiro atoms. The molecule has 140 valence electrons. The van der Waals surface area contributed by atoms with E-state index < -0.39 is 0 Å². The van der Waals surface area contributed by atoms with Crippen molar-refractivity contribution in [1.82, 2.24) is 14.9 Å². The second-order valence-electron chi connectivity index (χ2n) is 6.93. The molecule has 1 heterocycles. The summed E-state index contributed by atoms with van der Waals surface area (Å²) in [5.74, 6) is 1.41. The van der Waals surface area contributed by atoms with E-state index in [1.807, 2.05) is 30.3 Å². The number of nitrogens with zero attached hydrogens (tertiary/aromatic N) is 3. The third-order valence-electron chi connectivity index (χ3n) is 4.51. The number of likely N-dealkylation sites (N-methyl/N-ethyl adjacent to an activating group) is 1. The van der Waals surface area contributed by atoms with Crippen LogP contribution >= 0.6 is 0 Å². The first kappa shape index (κ1) is 18.9. The van der Waals surface area contributed by atoms with Crippen molar-refractivity contribution in [1.29, 1.82) is 0 Å². The van der Waals surface area contributed by atoms with Crippen molar-refractivity contribution >= 4 is 17.5 Å². The van der Waals surface area contributed by atoms with Crippen LogP contribution in [0, 0.1) is 13.8 Å². The summed E-state index contributed by atoms with van der Waals surface area (Å²) in [7, 11) is 4.12. The molecule has 0 amide bonds. The van der Waals surface area contributed by atoms with Crippen molar-refractivity contribution in [2.45, 2.75) is 13.8 Å². The smallest absolute Gasteiger partial charge is 0.229 e. The molecule has 0 aliphatic rings. The minimum atomic E-state index is 0.595. The Labute approximate surface area is 161 Å². The van der Waals surface area contributed by atoms with Gasteiger partial charge in [-0.25, -0.2) is 4.98 Å². The van der Waals surface area contributed by atoms with E-state index in [1.54, 1.807) is 0 Å². The number of hydrogen-bond donors (Lipinski definition) is 2. The Morgan fingerprint density at radius 1 is 0.926 bits per heavy atom. The minimum Gasteiger partial charge on any atom is -0.369 e. The summed E-state index contributed by atoms with van der Waals surface area (Å²) in [4.78, 5) is 11.6. The van der Waals surface area contributed by atoms with Crippen molar-refractivity contribution in [3.8, 4) is 11.3 Å². The van der Waals surface area contributed by atoms with Gasteiger partial charge in [0.2, 0.25) is 5.95 Å². The van der Waals surface area contributed by atoms with E-state index in [2.05, 4.69) is 72.7 Å². The van der Waals surface area contributed by atoms with Crippen molar-refractivity contribution < 1.29 is 0 Å². The molecule has 2 aromatic carbocycles. The van der Waals surface area contributed by atoms with Crippen LogP contribution in [0.15, 0.2) is 54.6 Å². The molecular weight excluding hydrogens is 334 g/mol. The predicted octanol–water partition coefficient (Wildman–Crippen LogP) is 4.48. The quantitative estimate of drug-likeness (QED) is 0.650. The monoisotopic (exact) mass is 361 g/mol. The summed E-state index contributed by atoms with van der Waals surface area (Å²) in [5, 5.41) is 6.80. The topological polar surface area (TPSA) is 53.1 Å². The first-order valence-electron chi connectivity index (χ1n) is 9.19. The molecule has 0 aliphatic heterocycles. The molecule has 0 radical (unpaired) electrons. The highest BCUT2D eigenvalue weighted by atomic mass is 15.2. The Morgan fingerprint density at radius 3 is 2.44 bits per heavy atom. The van der Waals surface area contributed by atoms with Crippen LogP contribution < -0.4 is 10.6 Å². The molecular formula is C22H27N5. The van der Waals surface area contributed by atoms with Crippen LogP contribution in [0.4, 0.5) is 17.5 Å². The number of benzene rings is 2. The van der Waals surface area contributed by atoms with Gasteiger partial charge in [0.15, 0.2) is 0 Å².